The smallest absolute Gasteiger partial charge is 0.0685 e. The van der Waals surface area contributed by atoms with Crippen LogP contribution in [-0.4, -0.2) is 38.2 Å². The highest BCUT2D eigenvalue weighted by molar-refractivity contribution is 5.03. The molecule has 0 spiro atoms. The number of hydrogen-bond donors (Lipinski definition) is 4. The summed E-state index contributed by atoms with van der Waals surface area (Å²) in [6, 6.07) is 0.155. The molecule has 0 aliphatic heterocycles. The largest absolute Gasteiger partial charge is 0.390 e. The van der Waals surface area contributed by atoms with Crippen molar-refractivity contribution in [2.75, 3.05) is 0 Å². The van der Waals surface area contributed by atoms with E-state index in [9.17, 15) is 15.3 Å². The highest BCUT2D eigenvalue weighted by atomic mass is 16.3. The summed E-state index contributed by atoms with van der Waals surface area (Å²) in [5, 5.41) is 29.6. The first-order chi connectivity index (χ1) is 13.1. The molecule has 4 heteroatoms. The van der Waals surface area contributed by atoms with Crippen LogP contribution in [0.15, 0.2) is 0 Å². The molecule has 0 aromatic carbocycles. The summed E-state index contributed by atoms with van der Waals surface area (Å²) in [5.74, 6) is 1.31. The van der Waals surface area contributed by atoms with E-state index in [0.29, 0.717) is 11.8 Å². The lowest BCUT2D eigenvalue weighted by atomic mass is 9.74. The van der Waals surface area contributed by atoms with Gasteiger partial charge in [-0.15, -0.1) is 0 Å². The van der Waals surface area contributed by atoms with Crippen molar-refractivity contribution in [1.29, 1.82) is 0 Å². The summed E-state index contributed by atoms with van der Waals surface area (Å²) in [6.07, 6.45) is 6.03. The van der Waals surface area contributed by atoms with Gasteiger partial charge in [-0.05, 0) is 82.0 Å². The van der Waals surface area contributed by atoms with Gasteiger partial charge < -0.3 is 21.1 Å². The van der Waals surface area contributed by atoms with E-state index in [-0.39, 0.29) is 37.1 Å². The Hall–Kier alpha value is -0.160. The van der Waals surface area contributed by atoms with Gasteiger partial charge in [0.05, 0.1) is 16.8 Å². The predicted octanol–water partition coefficient (Wildman–Crippen LogP) is 6.54. The van der Waals surface area contributed by atoms with E-state index >= 15 is 0 Å². The van der Waals surface area contributed by atoms with Crippen molar-refractivity contribution in [3.8, 4) is 0 Å². The minimum atomic E-state index is -0.563. The van der Waals surface area contributed by atoms with Crippen LogP contribution in [0.2, 0.25) is 0 Å². The van der Waals surface area contributed by atoms with Gasteiger partial charge in [0.15, 0.2) is 0 Å². The Kier molecular flexibility index (Phi) is 11.3. The quantitative estimate of drug-likeness (QED) is 0.331. The summed E-state index contributed by atoms with van der Waals surface area (Å²) < 4.78 is 0. The molecule has 0 saturated heterocycles. The van der Waals surface area contributed by atoms with Crippen LogP contribution in [0.1, 0.15) is 130 Å². The van der Waals surface area contributed by atoms with Crippen LogP contribution in [-0.2, 0) is 0 Å². The van der Waals surface area contributed by atoms with Gasteiger partial charge >= 0.3 is 0 Å². The molecule has 3 aliphatic carbocycles. The van der Waals surface area contributed by atoms with Gasteiger partial charge in [0.25, 0.3) is 0 Å². The maximum Gasteiger partial charge on any atom is 0.0685 e. The molecule has 0 radical (unpaired) electrons. The number of hydrogen-bond acceptors (Lipinski definition) is 4. The first-order valence-electron chi connectivity index (χ1n) is 12.1. The maximum atomic E-state index is 9.89. The Morgan fingerprint density at radius 2 is 0.781 bits per heavy atom. The molecular weight excluding hydrogens is 398 g/mol. The van der Waals surface area contributed by atoms with Crippen molar-refractivity contribution in [1.82, 2.24) is 0 Å². The lowest BCUT2D eigenvalue weighted by Gasteiger charge is -2.36. The fourth-order valence-electron chi connectivity index (χ4n) is 4.94. The molecule has 3 fully saturated rings. The highest BCUT2D eigenvalue weighted by Crippen LogP contribution is 2.50. The van der Waals surface area contributed by atoms with Crippen LogP contribution < -0.4 is 5.73 Å². The Bertz CT molecular complexity index is 494. The second-order valence-corrected chi connectivity index (χ2v) is 13.0. The van der Waals surface area contributed by atoms with Gasteiger partial charge in [0.2, 0.25) is 0 Å². The average molecular weight is 460 g/mol. The van der Waals surface area contributed by atoms with Crippen molar-refractivity contribution in [3.63, 3.8) is 0 Å². The molecule has 5 N–H and O–H groups in total. The average Bonchev–Trinajstić information content (AvgIpc) is 2.99. The van der Waals surface area contributed by atoms with Crippen LogP contribution in [0.3, 0.4) is 0 Å². The second-order valence-electron chi connectivity index (χ2n) is 13.0. The second kappa shape index (κ2) is 10.6. The van der Waals surface area contributed by atoms with Crippen molar-refractivity contribution in [2.45, 2.75) is 152 Å². The van der Waals surface area contributed by atoms with Crippen LogP contribution in [0.25, 0.3) is 0 Å². The van der Waals surface area contributed by atoms with Crippen LogP contribution in [0.5, 0.6) is 0 Å². The number of rotatable bonds is 0. The molecule has 0 amide bonds. The minimum Gasteiger partial charge on any atom is -0.390 e. The monoisotopic (exact) mass is 459 g/mol. The fourth-order valence-corrected chi connectivity index (χ4v) is 4.94. The zero-order valence-electron chi connectivity index (χ0n) is 21.9. The first kappa shape index (κ1) is 34.0. The van der Waals surface area contributed by atoms with Gasteiger partial charge in [0.1, 0.15) is 0 Å². The molecule has 196 valence electrons. The van der Waals surface area contributed by atoms with Gasteiger partial charge in [0, 0.05) is 11.5 Å². The molecular formula is C28H61NO3. The fraction of sp³-hybridized carbons (Fsp3) is 1.00. The van der Waals surface area contributed by atoms with Crippen LogP contribution >= 0.6 is 0 Å². The Morgan fingerprint density at radius 1 is 0.531 bits per heavy atom. The molecule has 3 rings (SSSR count). The molecule has 3 aliphatic rings. The molecule has 0 bridgehead atoms. The van der Waals surface area contributed by atoms with E-state index < -0.39 is 16.8 Å². The first-order valence-corrected chi connectivity index (χ1v) is 12.1. The Morgan fingerprint density at radius 3 is 0.844 bits per heavy atom. The van der Waals surface area contributed by atoms with Crippen LogP contribution in [0.4, 0.5) is 0 Å². The number of nitrogens with two attached hydrogens (primary N) is 1. The molecule has 4 nitrogen and oxygen atoms in total. The zero-order chi connectivity index (χ0) is 24.0. The van der Waals surface area contributed by atoms with Crippen molar-refractivity contribution >= 4 is 0 Å². The van der Waals surface area contributed by atoms with E-state index in [4.69, 9.17) is 5.73 Å². The van der Waals surface area contributed by atoms with Gasteiger partial charge in [-0.3, -0.25) is 0 Å². The lowest BCUT2D eigenvalue weighted by molar-refractivity contribution is -0.0397. The number of aliphatic hydroxyl groups is 3. The van der Waals surface area contributed by atoms with Crippen molar-refractivity contribution < 1.29 is 15.3 Å². The Labute approximate surface area is 201 Å². The maximum absolute atomic E-state index is 9.89. The normalized spacial score (nSPS) is 43.0. The third-order valence-electron chi connectivity index (χ3n) is 10.6. The zero-order valence-corrected chi connectivity index (χ0v) is 21.9. The molecule has 0 aromatic rings. The SMILES string of the molecule is C.C.CC1(O)CCC(N)C1(C)C.C[C@@H]1CC[C@@](C)(O)C1(C)C.C[C@@H]1CC[C@](C)(O)C1(C)C. The highest BCUT2D eigenvalue weighted by Gasteiger charge is 2.50. The summed E-state index contributed by atoms with van der Waals surface area (Å²) >= 11 is 0. The summed E-state index contributed by atoms with van der Waals surface area (Å²) in [6.45, 7) is 22.9. The topological polar surface area (TPSA) is 86.7 Å². The van der Waals surface area contributed by atoms with Gasteiger partial charge in [-0.1, -0.05) is 70.2 Å². The van der Waals surface area contributed by atoms with Crippen LogP contribution in [0, 0.1) is 28.1 Å². The van der Waals surface area contributed by atoms with E-state index in [0.717, 1.165) is 25.7 Å². The molecule has 6 atom stereocenters. The Balaban J connectivity index is 0. The predicted molar refractivity (Wildman–Crippen MR) is 141 cm³/mol. The standard InChI is InChI=1S/2C9H18O.C8H17NO.2CH4/c2*1-7-5-6-9(4,10)8(7,2)3;1-7(2)6(9)4-5-8(7,3)10;;/h2*7,10H,5-6H2,1-4H3;6,10H,4-5,9H2,1-3H3;2*1H4/t7-,9+;7-,9-;;;/m11.../s1. The van der Waals surface area contributed by atoms with Gasteiger partial charge in [-0.2, -0.15) is 0 Å². The van der Waals surface area contributed by atoms with Crippen molar-refractivity contribution in [2.24, 2.45) is 33.8 Å². The minimum absolute atomic E-state index is 0. The summed E-state index contributed by atoms with van der Waals surface area (Å²) in [4.78, 5) is 0. The summed E-state index contributed by atoms with van der Waals surface area (Å²) in [7, 11) is 0. The van der Waals surface area contributed by atoms with Gasteiger partial charge in [-0.25, -0.2) is 0 Å². The third-order valence-corrected chi connectivity index (χ3v) is 10.6. The third kappa shape index (κ3) is 6.29. The lowest BCUT2D eigenvalue weighted by Crippen LogP contribution is -2.45. The van der Waals surface area contributed by atoms with E-state index in [1.54, 1.807) is 0 Å². The molecule has 0 heterocycles. The van der Waals surface area contributed by atoms with E-state index in [2.05, 4.69) is 41.5 Å². The molecule has 0 aromatic heterocycles. The van der Waals surface area contributed by atoms with E-state index in [1.165, 1.54) is 12.8 Å². The molecule has 3 saturated carbocycles. The molecule has 32 heavy (non-hydrogen) atoms. The summed E-state index contributed by atoms with van der Waals surface area (Å²) in [5.41, 5.74) is 4.48. The van der Waals surface area contributed by atoms with Crippen molar-refractivity contribution in [3.05, 3.63) is 0 Å². The van der Waals surface area contributed by atoms with E-state index in [1.807, 2.05) is 34.6 Å². The molecule has 2 unspecified atom stereocenters.